The summed E-state index contributed by atoms with van der Waals surface area (Å²) in [4.78, 5) is 74.9. The van der Waals surface area contributed by atoms with Gasteiger partial charge >= 0.3 is 0 Å². The number of Topliss-reactive ketones (excluding diaryl/α,β-unsaturated/α-hetero) is 3. The summed E-state index contributed by atoms with van der Waals surface area (Å²) in [7, 11) is 6.22. The zero-order valence-corrected chi connectivity index (χ0v) is 52.4. The third-order valence-corrected chi connectivity index (χ3v) is 17.5. The second kappa shape index (κ2) is 24.4. The van der Waals surface area contributed by atoms with Crippen molar-refractivity contribution in [2.24, 2.45) is 17.2 Å². The minimum Gasteiger partial charge on any atom is -0.497 e. The van der Waals surface area contributed by atoms with Gasteiger partial charge in [-0.25, -0.2) is 15.0 Å². The average Bonchev–Trinajstić information content (AvgIpc) is 1.60. The van der Waals surface area contributed by atoms with Crippen molar-refractivity contribution < 1.29 is 42.8 Å². The number of nitrogens with two attached hydrogens (primary N) is 3. The van der Waals surface area contributed by atoms with Crippen LogP contribution >= 0.6 is 0 Å². The van der Waals surface area contributed by atoms with Gasteiger partial charge in [0, 0.05) is 54.6 Å². The number of nitrogens with one attached hydrogen (secondary N) is 3. The van der Waals surface area contributed by atoms with Crippen molar-refractivity contribution in [3.8, 4) is 34.5 Å². The maximum Gasteiger partial charge on any atom is 0.197 e. The summed E-state index contributed by atoms with van der Waals surface area (Å²) in [5, 5.41) is 0. The number of anilines is 3. The highest BCUT2D eigenvalue weighted by Crippen LogP contribution is 2.48. The lowest BCUT2D eigenvalue weighted by Gasteiger charge is -2.28. The number of H-pyrrole nitrogens is 3. The van der Waals surface area contributed by atoms with Crippen LogP contribution in [0.15, 0.2) is 224 Å². The maximum atomic E-state index is 15.4. The molecule has 6 heterocycles. The molecule has 0 fully saturated rings. The van der Waals surface area contributed by atoms with E-state index in [0.29, 0.717) is 96.7 Å². The summed E-state index contributed by atoms with van der Waals surface area (Å²) in [5.74, 6) is 3.43. The van der Waals surface area contributed by atoms with E-state index in [4.69, 9.17) is 60.6 Å². The molecule has 15 rings (SSSR count). The Morgan fingerprint density at radius 1 is 0.354 bits per heavy atom. The largest absolute Gasteiger partial charge is 0.497 e. The van der Waals surface area contributed by atoms with Crippen LogP contribution in [0.3, 0.4) is 0 Å². The van der Waals surface area contributed by atoms with E-state index in [1.807, 2.05) is 158 Å². The zero-order chi connectivity index (χ0) is 65.9. The van der Waals surface area contributed by atoms with Crippen LogP contribution in [0.4, 0.5) is 17.1 Å². The second-order valence-corrected chi connectivity index (χ2v) is 23.3. The number of benzene rings is 9. The molecule has 9 aromatic carbocycles. The highest BCUT2D eigenvalue weighted by molar-refractivity contribution is 6.29. The Labute approximate surface area is 549 Å². The van der Waals surface area contributed by atoms with Crippen LogP contribution in [-0.2, 0) is 27.6 Å². The van der Waals surface area contributed by atoms with Gasteiger partial charge in [-0.3, -0.25) is 14.4 Å². The fraction of sp³-hybridized carbons (Fsp3) is 0.120. The fourth-order valence-corrected chi connectivity index (χ4v) is 13.0. The smallest absolute Gasteiger partial charge is 0.197 e. The van der Waals surface area contributed by atoms with E-state index >= 15 is 9.59 Å². The van der Waals surface area contributed by atoms with Crippen LogP contribution in [0.25, 0.3) is 49.8 Å². The number of rotatable bonds is 19. The molecule has 96 heavy (non-hydrogen) atoms. The van der Waals surface area contributed by atoms with Crippen molar-refractivity contribution in [3.05, 3.63) is 269 Å². The summed E-state index contributed by atoms with van der Waals surface area (Å²) in [6.45, 7) is 0.0878. The highest BCUT2D eigenvalue weighted by atomic mass is 16.5. The molecule has 0 saturated heterocycles. The van der Waals surface area contributed by atoms with E-state index in [2.05, 4.69) is 15.0 Å². The number of hydrogen-bond acceptors (Lipinski definition) is 18. The van der Waals surface area contributed by atoms with E-state index in [-0.39, 0.29) is 64.7 Å². The van der Waals surface area contributed by atoms with Gasteiger partial charge in [0.1, 0.15) is 117 Å². The standard InChI is InChI=1S/C75H62N12O9/c1-91-49-30-46(31-50(36-49)92-2)86-65(68(89)62(71(86)77)74-81-57-24-10-11-25-58(57)82-74)44-20-14-16-41(28-44)40-96-54-35-48(33-52(38-54)94-4)87-66(69(90)63(72(87)78)75-83-59-26-12-13-27-60(59)84-75)45-21-15-17-42(29-45)39-95-53-34-47(32-51(37-53)93-3)85-64(43-18-6-5-7-19-43)67(88)61(70(85)76)73-79-55-22-8-9-23-56(55)80-73/h5-38,64-66H,39-40,76-78H2,1-4H3,(H,79,80)(H,81,82)(H,83,84)/t64?,65-,66+/m1/s1. The van der Waals surface area contributed by atoms with E-state index in [1.165, 1.54) is 0 Å². The van der Waals surface area contributed by atoms with E-state index in [9.17, 15) is 4.79 Å². The summed E-state index contributed by atoms with van der Waals surface area (Å²) in [6, 6.07) is 60.4. The lowest BCUT2D eigenvalue weighted by atomic mass is 9.98. The number of nitrogens with zero attached hydrogens (tertiary/aromatic N) is 6. The van der Waals surface area contributed by atoms with Crippen molar-refractivity contribution in [1.29, 1.82) is 0 Å². The molecule has 12 aromatic rings. The van der Waals surface area contributed by atoms with E-state index < -0.39 is 18.1 Å². The first-order valence-corrected chi connectivity index (χ1v) is 30.8. The van der Waals surface area contributed by atoms with Crippen molar-refractivity contribution in [3.63, 3.8) is 0 Å². The molecule has 0 spiro atoms. The Kier molecular flexibility index (Phi) is 15.1. The normalized spacial score (nSPS) is 16.5. The Morgan fingerprint density at radius 2 is 0.656 bits per heavy atom. The van der Waals surface area contributed by atoms with Crippen molar-refractivity contribution >= 4 is 84.2 Å². The highest BCUT2D eigenvalue weighted by Gasteiger charge is 2.46. The van der Waals surface area contributed by atoms with Crippen molar-refractivity contribution in [2.75, 3.05) is 43.1 Å². The van der Waals surface area contributed by atoms with Crippen LogP contribution < -0.4 is 60.3 Å². The molecule has 0 aliphatic carbocycles. The van der Waals surface area contributed by atoms with Crippen LogP contribution in [0, 0.1) is 0 Å². The SMILES string of the molecule is COc1cc(OCc2cccc([C@H]3C(=O)C(c4nc5ccccc5[nH]4)=C(N)N3c3cc(OC)cc(OCc4cccc([C@@H]5C(=O)C(c6nc7ccccc7[nH]6)=C(N)N5c5cc(OC)cc(OC)c5)c4)c3)c2)cc(N2C(N)=C(c3nc4ccccc4[nH]3)C(=O)C2c2ccccc2)c1. The summed E-state index contributed by atoms with van der Waals surface area (Å²) in [6.07, 6.45) is 0. The molecule has 3 atom stereocenters. The molecule has 3 aliphatic heterocycles. The number of aromatic nitrogens is 6. The lowest BCUT2D eigenvalue weighted by Crippen LogP contribution is -2.30. The number of carbonyl (C=O) groups excluding carboxylic acids is 3. The molecule has 0 radical (unpaired) electrons. The number of hydrogen-bond donors (Lipinski definition) is 6. The van der Waals surface area contributed by atoms with Crippen LogP contribution in [0.2, 0.25) is 0 Å². The number of carbonyl (C=O) groups is 3. The Bertz CT molecular complexity index is 5090. The monoisotopic (exact) mass is 1270 g/mol. The molecular formula is C75H62N12O9. The number of aromatic amines is 3. The summed E-state index contributed by atoms with van der Waals surface area (Å²) in [5.41, 5.74) is 31.4. The van der Waals surface area contributed by atoms with Gasteiger partial charge in [-0.1, -0.05) is 103 Å². The molecule has 0 amide bonds. The Hall–Kier alpha value is -12.8. The molecule has 1 unspecified atom stereocenters. The van der Waals surface area contributed by atoms with Crippen molar-refractivity contribution in [2.45, 2.75) is 31.3 Å². The van der Waals surface area contributed by atoms with Gasteiger partial charge in [-0.2, -0.15) is 0 Å². The summed E-state index contributed by atoms with van der Waals surface area (Å²) >= 11 is 0. The summed E-state index contributed by atoms with van der Waals surface area (Å²) < 4.78 is 36.4. The molecule has 21 nitrogen and oxygen atoms in total. The van der Waals surface area contributed by atoms with Gasteiger partial charge in [0.05, 0.1) is 78.6 Å². The first kappa shape index (κ1) is 59.5. The van der Waals surface area contributed by atoms with Crippen LogP contribution in [0.1, 0.15) is 63.4 Å². The van der Waals surface area contributed by atoms with Gasteiger partial charge in [-0.15, -0.1) is 0 Å². The maximum absolute atomic E-state index is 15.4. The third kappa shape index (κ3) is 10.6. The van der Waals surface area contributed by atoms with Crippen LogP contribution in [0.5, 0.6) is 34.5 Å². The zero-order valence-electron chi connectivity index (χ0n) is 52.4. The van der Waals surface area contributed by atoms with E-state index in [0.717, 1.165) is 33.2 Å². The van der Waals surface area contributed by atoms with Gasteiger partial charge in [0.25, 0.3) is 0 Å². The van der Waals surface area contributed by atoms with Gasteiger partial charge < -0.3 is 75.3 Å². The Morgan fingerprint density at radius 3 is 1.00 bits per heavy atom. The number of ether oxygens (including phenoxy) is 6. The number of para-hydroxylation sites is 6. The molecule has 0 bridgehead atoms. The lowest BCUT2D eigenvalue weighted by molar-refractivity contribution is -0.115. The third-order valence-electron chi connectivity index (χ3n) is 17.5. The molecule has 3 aromatic heterocycles. The number of methoxy groups -OCH3 is 4. The van der Waals surface area contributed by atoms with Gasteiger partial charge in [-0.05, 0) is 76.3 Å². The van der Waals surface area contributed by atoms with E-state index in [1.54, 1.807) is 91.7 Å². The first-order valence-electron chi connectivity index (χ1n) is 30.8. The topological polar surface area (TPSA) is 280 Å². The molecule has 476 valence electrons. The minimum absolute atomic E-state index is 0.0415. The number of ketones is 3. The minimum atomic E-state index is -1.02. The molecule has 21 heteroatoms. The molecule has 9 N–H and O–H groups in total. The first-order chi connectivity index (χ1) is 46.8. The van der Waals surface area contributed by atoms with Gasteiger partial charge in [0.15, 0.2) is 17.3 Å². The number of imidazole rings is 3. The second-order valence-electron chi connectivity index (χ2n) is 23.3. The predicted molar refractivity (Wildman–Crippen MR) is 366 cm³/mol. The molecule has 3 aliphatic rings. The number of fused-ring (bicyclic) bond motifs is 3. The predicted octanol–water partition coefficient (Wildman–Crippen LogP) is 11.9. The fourth-order valence-electron chi connectivity index (χ4n) is 13.0. The molecule has 0 saturated carbocycles. The Balaban J connectivity index is 0.741. The van der Waals surface area contributed by atoms with Gasteiger partial charge in [0.2, 0.25) is 0 Å². The quantitative estimate of drug-likeness (QED) is 0.0439. The van der Waals surface area contributed by atoms with Crippen LogP contribution in [-0.4, -0.2) is 75.7 Å². The van der Waals surface area contributed by atoms with Crippen molar-refractivity contribution in [1.82, 2.24) is 29.9 Å². The molecular weight excluding hydrogens is 1210 g/mol. The average molecular weight is 1280 g/mol.